The van der Waals surface area contributed by atoms with Crippen LogP contribution in [0, 0.1) is 11.6 Å². The van der Waals surface area contributed by atoms with Gasteiger partial charge in [0.1, 0.15) is 11.6 Å². The van der Waals surface area contributed by atoms with E-state index in [4.69, 9.17) is 0 Å². The molecule has 1 saturated heterocycles. The minimum absolute atomic E-state index is 0.00108. The van der Waals surface area contributed by atoms with E-state index in [1.54, 1.807) is 6.92 Å². The molecule has 1 atom stereocenters. The second-order valence-corrected chi connectivity index (χ2v) is 6.15. The van der Waals surface area contributed by atoms with E-state index in [1.807, 2.05) is 18.2 Å². The van der Waals surface area contributed by atoms with Crippen LogP contribution in [0.4, 0.5) is 20.2 Å². The lowest BCUT2D eigenvalue weighted by atomic mass is 10.2. The molecule has 2 aromatic carbocycles. The number of rotatable bonds is 4. The van der Waals surface area contributed by atoms with Crippen molar-refractivity contribution in [3.8, 4) is 0 Å². The van der Waals surface area contributed by atoms with Gasteiger partial charge in [-0.05, 0) is 31.2 Å². The first-order valence-corrected chi connectivity index (χ1v) is 8.34. The highest BCUT2D eigenvalue weighted by atomic mass is 19.1. The number of benzene rings is 2. The molecular formula is C19H21F2N3O. The smallest absolute Gasteiger partial charge is 0.241 e. The number of anilines is 2. The van der Waals surface area contributed by atoms with Crippen LogP contribution in [-0.2, 0) is 4.79 Å². The highest BCUT2D eigenvalue weighted by Crippen LogP contribution is 2.18. The van der Waals surface area contributed by atoms with Crippen LogP contribution in [0.15, 0.2) is 48.5 Å². The van der Waals surface area contributed by atoms with Gasteiger partial charge in [-0.1, -0.05) is 18.2 Å². The number of piperazine rings is 1. The predicted octanol–water partition coefficient (Wildman–Crippen LogP) is 3.11. The second kappa shape index (κ2) is 7.61. The van der Waals surface area contributed by atoms with Crippen molar-refractivity contribution in [2.24, 2.45) is 0 Å². The highest BCUT2D eigenvalue weighted by Gasteiger charge is 2.26. The molecule has 1 aliphatic heterocycles. The fourth-order valence-electron chi connectivity index (χ4n) is 3.00. The first kappa shape index (κ1) is 17.4. The molecule has 1 N–H and O–H groups in total. The average molecular weight is 345 g/mol. The maximum absolute atomic E-state index is 13.7. The molecule has 1 aliphatic rings. The summed E-state index contributed by atoms with van der Waals surface area (Å²) in [7, 11) is 0. The van der Waals surface area contributed by atoms with E-state index in [0.717, 1.165) is 38.3 Å². The lowest BCUT2D eigenvalue weighted by molar-refractivity contribution is -0.120. The van der Waals surface area contributed by atoms with Crippen molar-refractivity contribution < 1.29 is 13.6 Å². The summed E-state index contributed by atoms with van der Waals surface area (Å²) in [5.74, 6) is -1.73. The Morgan fingerprint density at radius 2 is 1.72 bits per heavy atom. The molecule has 0 radical (unpaired) electrons. The van der Waals surface area contributed by atoms with Gasteiger partial charge in [0.05, 0.1) is 11.7 Å². The normalized spacial score (nSPS) is 16.5. The lowest BCUT2D eigenvalue weighted by Gasteiger charge is -2.38. The first-order chi connectivity index (χ1) is 12.0. The summed E-state index contributed by atoms with van der Waals surface area (Å²) in [6.45, 7) is 4.94. The molecule has 132 valence electrons. The van der Waals surface area contributed by atoms with Gasteiger partial charge in [0, 0.05) is 37.9 Å². The SMILES string of the molecule is C[C@@H](C(=O)Nc1ccc(F)cc1F)N1CCN(c2ccccc2)CC1. The molecule has 3 rings (SSSR count). The molecule has 0 saturated carbocycles. The molecule has 0 spiro atoms. The Balaban J connectivity index is 1.56. The van der Waals surface area contributed by atoms with Crippen LogP contribution in [-0.4, -0.2) is 43.0 Å². The minimum atomic E-state index is -0.769. The quantitative estimate of drug-likeness (QED) is 0.925. The summed E-state index contributed by atoms with van der Waals surface area (Å²) in [6, 6.07) is 12.9. The molecule has 1 fully saturated rings. The summed E-state index contributed by atoms with van der Waals surface area (Å²) in [4.78, 5) is 16.7. The minimum Gasteiger partial charge on any atom is -0.369 e. The van der Waals surface area contributed by atoms with Gasteiger partial charge in [-0.2, -0.15) is 0 Å². The number of carbonyl (C=O) groups excluding carboxylic acids is 1. The Bertz CT molecular complexity index is 731. The third-order valence-electron chi connectivity index (χ3n) is 4.55. The number of nitrogens with one attached hydrogen (secondary N) is 1. The van der Waals surface area contributed by atoms with E-state index in [-0.39, 0.29) is 17.6 Å². The zero-order valence-electron chi connectivity index (χ0n) is 14.1. The lowest BCUT2D eigenvalue weighted by Crippen LogP contribution is -2.52. The third kappa shape index (κ3) is 4.14. The van der Waals surface area contributed by atoms with Crippen molar-refractivity contribution in [1.82, 2.24) is 4.90 Å². The van der Waals surface area contributed by atoms with E-state index in [2.05, 4.69) is 27.2 Å². The average Bonchev–Trinajstić information content (AvgIpc) is 2.64. The summed E-state index contributed by atoms with van der Waals surface area (Å²) in [5.41, 5.74) is 1.17. The Morgan fingerprint density at radius 1 is 1.04 bits per heavy atom. The van der Waals surface area contributed by atoms with Crippen LogP contribution in [0.25, 0.3) is 0 Å². The largest absolute Gasteiger partial charge is 0.369 e. The van der Waals surface area contributed by atoms with Crippen LogP contribution in [0.3, 0.4) is 0 Å². The topological polar surface area (TPSA) is 35.6 Å². The monoisotopic (exact) mass is 345 g/mol. The predicted molar refractivity (Wildman–Crippen MR) is 94.7 cm³/mol. The van der Waals surface area contributed by atoms with Gasteiger partial charge >= 0.3 is 0 Å². The van der Waals surface area contributed by atoms with Crippen LogP contribution in [0.2, 0.25) is 0 Å². The van der Waals surface area contributed by atoms with Crippen LogP contribution >= 0.6 is 0 Å². The van der Waals surface area contributed by atoms with Crippen molar-refractivity contribution in [3.63, 3.8) is 0 Å². The maximum Gasteiger partial charge on any atom is 0.241 e. The van der Waals surface area contributed by atoms with Crippen molar-refractivity contribution in [2.75, 3.05) is 36.4 Å². The van der Waals surface area contributed by atoms with Crippen LogP contribution in [0.5, 0.6) is 0 Å². The third-order valence-corrected chi connectivity index (χ3v) is 4.55. The molecule has 0 bridgehead atoms. The highest BCUT2D eigenvalue weighted by molar-refractivity contribution is 5.94. The van der Waals surface area contributed by atoms with Gasteiger partial charge in [0.15, 0.2) is 0 Å². The number of carbonyl (C=O) groups is 1. The van der Waals surface area contributed by atoms with E-state index in [1.165, 1.54) is 11.8 Å². The van der Waals surface area contributed by atoms with Crippen molar-refractivity contribution >= 4 is 17.3 Å². The van der Waals surface area contributed by atoms with Crippen LogP contribution < -0.4 is 10.2 Å². The molecule has 1 amide bonds. The van der Waals surface area contributed by atoms with Gasteiger partial charge in [-0.15, -0.1) is 0 Å². The zero-order valence-corrected chi connectivity index (χ0v) is 14.1. The Hall–Kier alpha value is -2.47. The number of amides is 1. The Morgan fingerprint density at radius 3 is 2.36 bits per heavy atom. The maximum atomic E-state index is 13.7. The van der Waals surface area contributed by atoms with Crippen LogP contribution in [0.1, 0.15) is 6.92 Å². The number of para-hydroxylation sites is 1. The van der Waals surface area contributed by atoms with Gasteiger partial charge in [0.2, 0.25) is 5.91 Å². The summed E-state index contributed by atoms with van der Waals surface area (Å²) >= 11 is 0. The summed E-state index contributed by atoms with van der Waals surface area (Å²) in [6.07, 6.45) is 0. The molecular weight excluding hydrogens is 324 g/mol. The second-order valence-electron chi connectivity index (χ2n) is 6.15. The molecule has 25 heavy (non-hydrogen) atoms. The molecule has 1 heterocycles. The Kier molecular flexibility index (Phi) is 5.28. The molecule has 0 unspecified atom stereocenters. The summed E-state index contributed by atoms with van der Waals surface area (Å²) in [5, 5.41) is 2.54. The van der Waals surface area contributed by atoms with Gasteiger partial charge in [-0.25, -0.2) is 8.78 Å². The first-order valence-electron chi connectivity index (χ1n) is 8.34. The number of hydrogen-bond donors (Lipinski definition) is 1. The fourth-order valence-corrected chi connectivity index (χ4v) is 3.00. The molecule has 0 aliphatic carbocycles. The zero-order chi connectivity index (χ0) is 17.8. The van der Waals surface area contributed by atoms with Gasteiger partial charge in [0.25, 0.3) is 0 Å². The van der Waals surface area contributed by atoms with Crippen molar-refractivity contribution in [1.29, 1.82) is 0 Å². The van der Waals surface area contributed by atoms with Crippen molar-refractivity contribution in [3.05, 3.63) is 60.2 Å². The van der Waals surface area contributed by atoms with E-state index < -0.39 is 11.6 Å². The molecule has 6 heteroatoms. The molecule has 4 nitrogen and oxygen atoms in total. The van der Waals surface area contributed by atoms with E-state index in [9.17, 15) is 13.6 Å². The number of nitrogens with zero attached hydrogens (tertiary/aromatic N) is 2. The molecule has 0 aromatic heterocycles. The van der Waals surface area contributed by atoms with Crippen molar-refractivity contribution in [2.45, 2.75) is 13.0 Å². The summed E-state index contributed by atoms with van der Waals surface area (Å²) < 4.78 is 26.6. The molecule has 2 aromatic rings. The van der Waals surface area contributed by atoms with Gasteiger partial charge < -0.3 is 10.2 Å². The number of halogens is 2. The van der Waals surface area contributed by atoms with E-state index >= 15 is 0 Å². The fraction of sp³-hybridized carbons (Fsp3) is 0.316. The Labute approximate surface area is 146 Å². The van der Waals surface area contributed by atoms with E-state index in [0.29, 0.717) is 0 Å². The standard InChI is InChI=1S/C19H21F2N3O/c1-14(19(25)22-18-8-7-15(20)13-17(18)21)23-9-11-24(12-10-23)16-5-3-2-4-6-16/h2-8,13-14H,9-12H2,1H3,(H,22,25)/t14-/m0/s1. The number of hydrogen-bond acceptors (Lipinski definition) is 3. The van der Waals surface area contributed by atoms with Gasteiger partial charge in [-0.3, -0.25) is 9.69 Å².